The summed E-state index contributed by atoms with van der Waals surface area (Å²) in [7, 11) is 0. The third-order valence-corrected chi connectivity index (χ3v) is 9.43. The molecule has 2 bridgehead atoms. The lowest BCUT2D eigenvalue weighted by molar-refractivity contribution is -0.137. The van der Waals surface area contributed by atoms with Gasteiger partial charge in [-0.15, -0.1) is 0 Å². The van der Waals surface area contributed by atoms with Gasteiger partial charge in [0, 0.05) is 42.6 Å². The van der Waals surface area contributed by atoms with Crippen molar-refractivity contribution in [1.29, 1.82) is 0 Å². The Labute approximate surface area is 244 Å². The largest absolute Gasteiger partial charge is 0.339 e. The molecular formula is C35H43N5O. The molecule has 2 aliphatic heterocycles. The molecule has 1 amide bonds. The highest BCUT2D eigenvalue weighted by molar-refractivity contribution is 5.93. The Hall–Kier alpha value is -3.51. The van der Waals surface area contributed by atoms with E-state index in [0.29, 0.717) is 12.1 Å². The molecule has 5 heterocycles. The van der Waals surface area contributed by atoms with Crippen molar-refractivity contribution in [2.45, 2.75) is 90.1 Å². The smallest absolute Gasteiger partial charge is 0.233 e. The van der Waals surface area contributed by atoms with Crippen LogP contribution in [0.2, 0.25) is 0 Å². The van der Waals surface area contributed by atoms with Gasteiger partial charge >= 0.3 is 0 Å². The number of hydrogen-bond donors (Lipinski definition) is 2. The normalized spacial score (nSPS) is 19.3. The number of aromatic nitrogens is 3. The average Bonchev–Trinajstić information content (AvgIpc) is 3.67. The highest BCUT2D eigenvalue weighted by Crippen LogP contribution is 2.42. The number of rotatable bonds is 9. The molecule has 214 valence electrons. The third kappa shape index (κ3) is 5.30. The van der Waals surface area contributed by atoms with Crippen molar-refractivity contribution in [1.82, 2.24) is 25.2 Å². The molecule has 1 atom stereocenters. The maximum Gasteiger partial charge on any atom is 0.233 e. The quantitative estimate of drug-likeness (QED) is 0.231. The zero-order chi connectivity index (χ0) is 28.7. The van der Waals surface area contributed by atoms with E-state index in [-0.39, 0.29) is 11.8 Å². The van der Waals surface area contributed by atoms with Crippen LogP contribution in [0.4, 0.5) is 0 Å². The van der Waals surface area contributed by atoms with Gasteiger partial charge in [-0.1, -0.05) is 24.1 Å². The van der Waals surface area contributed by atoms with Gasteiger partial charge in [0.1, 0.15) is 5.65 Å². The Balaban J connectivity index is 1.34. The van der Waals surface area contributed by atoms with Crippen LogP contribution in [-0.2, 0) is 16.6 Å². The van der Waals surface area contributed by atoms with E-state index in [2.05, 4.69) is 91.2 Å². The lowest BCUT2D eigenvalue weighted by Crippen LogP contribution is -2.46. The number of carbonyl (C=O) groups excluding carboxylic acids is 1. The summed E-state index contributed by atoms with van der Waals surface area (Å²) in [5, 5.41) is 4.81. The average molecular weight is 550 g/mol. The van der Waals surface area contributed by atoms with E-state index in [0.717, 1.165) is 67.5 Å². The SMILES string of the molecule is Cc1cc(C)cc(-c2[nH]c3ncc(C(C)(C)C(=O)N4C5CCC4CC5)cc3c2C(C)CNCCc2ccncc2)c1. The molecule has 41 heavy (non-hydrogen) atoms. The van der Waals surface area contributed by atoms with Gasteiger partial charge in [0.2, 0.25) is 5.91 Å². The number of carbonyl (C=O) groups is 1. The number of H-pyrrole nitrogens is 1. The predicted octanol–water partition coefficient (Wildman–Crippen LogP) is 6.61. The number of amides is 1. The number of benzene rings is 1. The monoisotopic (exact) mass is 549 g/mol. The van der Waals surface area contributed by atoms with E-state index < -0.39 is 5.41 Å². The number of pyridine rings is 2. The molecule has 2 fully saturated rings. The fraction of sp³-hybridized carbons (Fsp3) is 0.457. The molecule has 4 aromatic rings. The molecule has 0 aliphatic carbocycles. The standard InChI is InChI=1S/C35H43N5O/c1-22-16-23(2)18-26(17-22)32-31(24(3)20-37-15-12-25-10-13-36-14-11-25)30-19-27(21-38-33(30)39-32)35(4,5)34(41)40-28-6-7-29(40)9-8-28/h10-11,13-14,16-19,21,24,28-29,37H,6-9,12,15,20H2,1-5H3,(H,38,39). The number of fused-ring (bicyclic) bond motifs is 3. The summed E-state index contributed by atoms with van der Waals surface area (Å²) < 4.78 is 0. The maximum atomic E-state index is 14.0. The fourth-order valence-corrected chi connectivity index (χ4v) is 7.18. The molecule has 6 heteroatoms. The predicted molar refractivity (Wildman–Crippen MR) is 166 cm³/mol. The number of nitrogens with zero attached hydrogens (tertiary/aromatic N) is 3. The van der Waals surface area contributed by atoms with Gasteiger partial charge < -0.3 is 15.2 Å². The number of aryl methyl sites for hydroxylation is 2. The molecule has 0 spiro atoms. The van der Waals surface area contributed by atoms with Gasteiger partial charge in [0.25, 0.3) is 0 Å². The van der Waals surface area contributed by atoms with Gasteiger partial charge in [-0.3, -0.25) is 9.78 Å². The van der Waals surface area contributed by atoms with Crippen LogP contribution in [-0.4, -0.2) is 50.9 Å². The zero-order valence-electron chi connectivity index (χ0n) is 25.1. The molecule has 0 radical (unpaired) electrons. The van der Waals surface area contributed by atoms with E-state index in [9.17, 15) is 4.79 Å². The van der Waals surface area contributed by atoms with Gasteiger partial charge in [0.15, 0.2) is 0 Å². The molecule has 1 unspecified atom stereocenters. The molecule has 2 N–H and O–H groups in total. The van der Waals surface area contributed by atoms with Gasteiger partial charge in [-0.2, -0.15) is 0 Å². The molecule has 2 saturated heterocycles. The van der Waals surface area contributed by atoms with Crippen molar-refractivity contribution < 1.29 is 4.79 Å². The van der Waals surface area contributed by atoms with Crippen LogP contribution in [0.15, 0.2) is 55.0 Å². The molecule has 0 saturated carbocycles. The summed E-state index contributed by atoms with van der Waals surface area (Å²) in [6.07, 6.45) is 11.2. The van der Waals surface area contributed by atoms with Crippen LogP contribution in [0.25, 0.3) is 22.3 Å². The summed E-state index contributed by atoms with van der Waals surface area (Å²) in [6, 6.07) is 13.9. The first-order valence-corrected chi connectivity index (χ1v) is 15.3. The summed E-state index contributed by atoms with van der Waals surface area (Å²) in [5.41, 5.74) is 8.59. The van der Waals surface area contributed by atoms with Gasteiger partial charge in [-0.25, -0.2) is 4.98 Å². The molecule has 3 aromatic heterocycles. The van der Waals surface area contributed by atoms with Crippen molar-refractivity contribution in [3.05, 3.63) is 82.8 Å². The van der Waals surface area contributed by atoms with Crippen molar-refractivity contribution in [3.8, 4) is 11.3 Å². The Morgan fingerprint density at radius 1 is 1.05 bits per heavy atom. The summed E-state index contributed by atoms with van der Waals surface area (Å²) in [4.78, 5) is 28.9. The first kappa shape index (κ1) is 27.6. The number of hydrogen-bond acceptors (Lipinski definition) is 4. The molecule has 2 aliphatic rings. The second-order valence-electron chi connectivity index (χ2n) is 12.9. The fourth-order valence-electron chi connectivity index (χ4n) is 7.18. The van der Waals surface area contributed by atoms with Gasteiger partial charge in [0.05, 0.1) is 11.1 Å². The van der Waals surface area contributed by atoms with Crippen molar-refractivity contribution in [3.63, 3.8) is 0 Å². The third-order valence-electron chi connectivity index (χ3n) is 9.43. The highest BCUT2D eigenvalue weighted by Gasteiger charge is 2.47. The van der Waals surface area contributed by atoms with Crippen molar-refractivity contribution in [2.75, 3.05) is 13.1 Å². The number of nitrogens with one attached hydrogen (secondary N) is 2. The van der Waals surface area contributed by atoms with E-state index >= 15 is 0 Å². The zero-order valence-corrected chi connectivity index (χ0v) is 25.1. The lowest BCUT2D eigenvalue weighted by atomic mass is 9.82. The molecule has 6 rings (SSSR count). The lowest BCUT2D eigenvalue weighted by Gasteiger charge is -2.32. The minimum Gasteiger partial charge on any atom is -0.339 e. The van der Waals surface area contributed by atoms with Crippen LogP contribution in [0, 0.1) is 13.8 Å². The minimum absolute atomic E-state index is 0.238. The first-order chi connectivity index (χ1) is 19.7. The van der Waals surface area contributed by atoms with Gasteiger partial charge in [-0.05, 0) is 125 Å². The summed E-state index contributed by atoms with van der Waals surface area (Å²) in [5.74, 6) is 0.489. The molecular weight excluding hydrogens is 506 g/mol. The Bertz CT molecular complexity index is 1520. The molecule has 6 nitrogen and oxygen atoms in total. The summed E-state index contributed by atoms with van der Waals surface area (Å²) >= 11 is 0. The van der Waals surface area contributed by atoms with Crippen molar-refractivity contribution >= 4 is 16.9 Å². The van der Waals surface area contributed by atoms with Crippen LogP contribution in [0.3, 0.4) is 0 Å². The van der Waals surface area contributed by atoms with Crippen LogP contribution < -0.4 is 5.32 Å². The first-order valence-electron chi connectivity index (χ1n) is 15.3. The van der Waals surface area contributed by atoms with Crippen LogP contribution >= 0.6 is 0 Å². The highest BCUT2D eigenvalue weighted by atomic mass is 16.2. The van der Waals surface area contributed by atoms with Crippen molar-refractivity contribution in [2.24, 2.45) is 0 Å². The second kappa shape index (κ2) is 11.1. The maximum absolute atomic E-state index is 14.0. The van der Waals surface area contributed by atoms with E-state index in [1.165, 1.54) is 27.8 Å². The van der Waals surface area contributed by atoms with Crippen LogP contribution in [0.5, 0.6) is 0 Å². The Kier molecular flexibility index (Phi) is 7.45. The van der Waals surface area contributed by atoms with E-state index in [1.807, 2.05) is 18.6 Å². The summed E-state index contributed by atoms with van der Waals surface area (Å²) in [6.45, 7) is 12.5. The Morgan fingerprint density at radius 3 is 2.37 bits per heavy atom. The minimum atomic E-state index is -0.632. The topological polar surface area (TPSA) is 73.9 Å². The van der Waals surface area contributed by atoms with Crippen LogP contribution in [0.1, 0.15) is 80.2 Å². The Morgan fingerprint density at radius 2 is 1.71 bits per heavy atom. The second-order valence-corrected chi connectivity index (χ2v) is 12.9. The van der Waals surface area contributed by atoms with E-state index in [4.69, 9.17) is 4.98 Å². The number of aromatic amines is 1. The van der Waals surface area contributed by atoms with E-state index in [1.54, 1.807) is 0 Å². The molecule has 1 aromatic carbocycles.